The van der Waals surface area contributed by atoms with E-state index in [1.807, 2.05) is 30.3 Å². The molecule has 27 heavy (non-hydrogen) atoms. The molecule has 0 saturated heterocycles. The third-order valence-corrected chi connectivity index (χ3v) is 3.87. The topological polar surface area (TPSA) is 101 Å². The quantitative estimate of drug-likeness (QED) is 0.688. The van der Waals surface area contributed by atoms with Crippen molar-refractivity contribution in [3.63, 3.8) is 0 Å². The van der Waals surface area contributed by atoms with Crippen LogP contribution in [0.15, 0.2) is 51.5 Å². The largest absolute Gasteiger partial charge is 0.441 e. The number of carbonyl (C=O) groups excluding carboxylic acids is 2. The molecule has 8 nitrogen and oxygen atoms in total. The first kappa shape index (κ1) is 18.4. The van der Waals surface area contributed by atoms with E-state index >= 15 is 0 Å². The Hall–Kier alpha value is -3.42. The van der Waals surface area contributed by atoms with Crippen LogP contribution in [-0.4, -0.2) is 40.4 Å². The monoisotopic (exact) mass is 368 g/mol. The number of anilines is 1. The van der Waals surface area contributed by atoms with Crippen LogP contribution in [-0.2, 0) is 16.0 Å². The Morgan fingerprint density at radius 2 is 2.00 bits per heavy atom. The molecule has 2 aromatic heterocycles. The maximum Gasteiger partial charge on any atom is 0.245 e. The van der Waals surface area contributed by atoms with Crippen molar-refractivity contribution in [2.45, 2.75) is 19.8 Å². The SMILES string of the molecule is Cc1cc(NC(=O)CN(C)C(=O)CCc2ncc(-c3ccccc3)o2)no1. The molecule has 0 aliphatic carbocycles. The third kappa shape index (κ3) is 5.04. The van der Waals surface area contributed by atoms with Crippen LogP contribution in [0.1, 0.15) is 18.1 Å². The van der Waals surface area contributed by atoms with E-state index in [9.17, 15) is 9.59 Å². The molecule has 8 heteroatoms. The Labute approximate surface area is 156 Å². The first-order valence-electron chi connectivity index (χ1n) is 8.48. The number of aryl methyl sites for hydroxylation is 2. The predicted molar refractivity (Wildman–Crippen MR) is 97.8 cm³/mol. The van der Waals surface area contributed by atoms with Gasteiger partial charge in [0.2, 0.25) is 11.8 Å². The van der Waals surface area contributed by atoms with Crippen molar-refractivity contribution in [3.8, 4) is 11.3 Å². The highest BCUT2D eigenvalue weighted by molar-refractivity contribution is 5.93. The number of hydrogen-bond acceptors (Lipinski definition) is 6. The number of nitrogens with one attached hydrogen (secondary N) is 1. The number of benzene rings is 1. The normalized spacial score (nSPS) is 10.6. The maximum absolute atomic E-state index is 12.2. The van der Waals surface area contributed by atoms with Gasteiger partial charge in [-0.15, -0.1) is 0 Å². The molecule has 0 unspecified atom stereocenters. The van der Waals surface area contributed by atoms with Crippen molar-refractivity contribution in [1.29, 1.82) is 0 Å². The molecule has 2 amide bonds. The van der Waals surface area contributed by atoms with Crippen molar-refractivity contribution in [2.75, 3.05) is 18.9 Å². The van der Waals surface area contributed by atoms with Gasteiger partial charge in [0.05, 0.1) is 12.7 Å². The molecule has 0 aliphatic heterocycles. The average molecular weight is 368 g/mol. The zero-order valence-electron chi connectivity index (χ0n) is 15.1. The summed E-state index contributed by atoms with van der Waals surface area (Å²) in [4.78, 5) is 29.7. The van der Waals surface area contributed by atoms with Gasteiger partial charge in [-0.05, 0) is 6.92 Å². The molecule has 140 valence electrons. The second kappa shape index (κ2) is 8.31. The van der Waals surface area contributed by atoms with E-state index in [2.05, 4.69) is 15.5 Å². The summed E-state index contributed by atoms with van der Waals surface area (Å²) in [5.74, 6) is 1.54. The summed E-state index contributed by atoms with van der Waals surface area (Å²) in [6, 6.07) is 11.2. The average Bonchev–Trinajstić information content (AvgIpc) is 3.29. The molecule has 0 atom stereocenters. The number of aromatic nitrogens is 2. The summed E-state index contributed by atoms with van der Waals surface area (Å²) in [6.45, 7) is 1.65. The first-order valence-corrected chi connectivity index (χ1v) is 8.48. The number of likely N-dealkylation sites (N-methyl/N-ethyl adjacent to an activating group) is 1. The summed E-state index contributed by atoms with van der Waals surface area (Å²) >= 11 is 0. The minimum absolute atomic E-state index is 0.0778. The van der Waals surface area contributed by atoms with Crippen LogP contribution in [0.5, 0.6) is 0 Å². The molecule has 0 saturated carbocycles. The lowest BCUT2D eigenvalue weighted by molar-refractivity contribution is -0.133. The van der Waals surface area contributed by atoms with Crippen LogP contribution < -0.4 is 5.32 Å². The Morgan fingerprint density at radius 1 is 1.22 bits per heavy atom. The highest BCUT2D eigenvalue weighted by atomic mass is 16.5. The Bertz CT molecular complexity index is 917. The molecule has 1 aromatic carbocycles. The van der Waals surface area contributed by atoms with E-state index in [1.54, 1.807) is 26.2 Å². The van der Waals surface area contributed by atoms with Gasteiger partial charge < -0.3 is 19.2 Å². The van der Waals surface area contributed by atoms with E-state index in [0.29, 0.717) is 29.6 Å². The third-order valence-electron chi connectivity index (χ3n) is 3.87. The van der Waals surface area contributed by atoms with Gasteiger partial charge in [-0.25, -0.2) is 4.98 Å². The van der Waals surface area contributed by atoms with Crippen molar-refractivity contribution >= 4 is 17.6 Å². The van der Waals surface area contributed by atoms with E-state index in [1.165, 1.54) is 4.90 Å². The van der Waals surface area contributed by atoms with Crippen molar-refractivity contribution in [3.05, 3.63) is 54.2 Å². The number of rotatable bonds is 7. The Morgan fingerprint density at radius 3 is 2.70 bits per heavy atom. The molecular formula is C19H20N4O4. The van der Waals surface area contributed by atoms with Crippen LogP contribution in [0.2, 0.25) is 0 Å². The molecule has 1 N–H and O–H groups in total. The van der Waals surface area contributed by atoms with Crippen LogP contribution in [0.3, 0.4) is 0 Å². The number of nitrogens with zero attached hydrogens (tertiary/aromatic N) is 3. The van der Waals surface area contributed by atoms with Crippen LogP contribution in [0.25, 0.3) is 11.3 Å². The Balaban J connectivity index is 1.47. The van der Waals surface area contributed by atoms with Gasteiger partial charge in [-0.3, -0.25) is 9.59 Å². The van der Waals surface area contributed by atoms with Crippen LogP contribution >= 0.6 is 0 Å². The molecule has 2 heterocycles. The minimum Gasteiger partial charge on any atom is -0.441 e. The number of hydrogen-bond donors (Lipinski definition) is 1. The summed E-state index contributed by atoms with van der Waals surface area (Å²) < 4.78 is 10.6. The van der Waals surface area contributed by atoms with Crippen LogP contribution in [0, 0.1) is 6.92 Å². The van der Waals surface area contributed by atoms with E-state index < -0.39 is 0 Å². The molecule has 0 bridgehead atoms. The van der Waals surface area contributed by atoms with Crippen molar-refractivity contribution in [2.24, 2.45) is 0 Å². The smallest absolute Gasteiger partial charge is 0.245 e. The van der Waals surface area contributed by atoms with Gasteiger partial charge in [0.15, 0.2) is 17.5 Å². The predicted octanol–water partition coefficient (Wildman–Crippen LogP) is 2.67. The Kier molecular flexibility index (Phi) is 5.65. The maximum atomic E-state index is 12.2. The van der Waals surface area contributed by atoms with Crippen LogP contribution in [0.4, 0.5) is 5.82 Å². The van der Waals surface area contributed by atoms with Gasteiger partial charge in [0.1, 0.15) is 5.76 Å². The van der Waals surface area contributed by atoms with Gasteiger partial charge in [-0.2, -0.15) is 0 Å². The number of amides is 2. The fourth-order valence-electron chi connectivity index (χ4n) is 2.48. The molecule has 3 rings (SSSR count). The molecule has 0 aliphatic rings. The number of carbonyl (C=O) groups is 2. The first-order chi connectivity index (χ1) is 13.0. The highest BCUT2D eigenvalue weighted by Gasteiger charge is 2.15. The molecule has 0 fully saturated rings. The highest BCUT2D eigenvalue weighted by Crippen LogP contribution is 2.20. The molecule has 0 spiro atoms. The lowest BCUT2D eigenvalue weighted by atomic mass is 10.2. The van der Waals surface area contributed by atoms with Gasteiger partial charge in [-0.1, -0.05) is 35.5 Å². The molecule has 0 radical (unpaired) electrons. The molecule has 3 aromatic rings. The van der Waals surface area contributed by atoms with Crippen molar-refractivity contribution in [1.82, 2.24) is 15.0 Å². The summed E-state index contributed by atoms with van der Waals surface area (Å²) in [7, 11) is 1.57. The fourth-order valence-corrected chi connectivity index (χ4v) is 2.48. The number of oxazole rings is 1. The fraction of sp³-hybridized carbons (Fsp3) is 0.263. The zero-order chi connectivity index (χ0) is 19.2. The summed E-state index contributed by atoms with van der Waals surface area (Å²) in [5, 5.41) is 6.26. The minimum atomic E-state index is -0.346. The van der Waals surface area contributed by atoms with E-state index in [-0.39, 0.29) is 24.8 Å². The van der Waals surface area contributed by atoms with E-state index in [0.717, 1.165) is 5.56 Å². The molecular weight excluding hydrogens is 348 g/mol. The lowest BCUT2D eigenvalue weighted by Gasteiger charge is -2.15. The zero-order valence-corrected chi connectivity index (χ0v) is 15.1. The lowest BCUT2D eigenvalue weighted by Crippen LogP contribution is -2.35. The van der Waals surface area contributed by atoms with Gasteiger partial charge in [0, 0.05) is 31.5 Å². The van der Waals surface area contributed by atoms with Gasteiger partial charge in [0.25, 0.3) is 0 Å². The van der Waals surface area contributed by atoms with E-state index in [4.69, 9.17) is 8.94 Å². The second-order valence-electron chi connectivity index (χ2n) is 6.11. The van der Waals surface area contributed by atoms with Gasteiger partial charge >= 0.3 is 0 Å². The van der Waals surface area contributed by atoms with Crippen molar-refractivity contribution < 1.29 is 18.5 Å². The summed E-state index contributed by atoms with van der Waals surface area (Å²) in [5.41, 5.74) is 0.930. The summed E-state index contributed by atoms with van der Waals surface area (Å²) in [6.07, 6.45) is 2.20. The second-order valence-corrected chi connectivity index (χ2v) is 6.11. The standard InChI is InChI=1S/C19H20N4O4/c1-13-10-16(22-27-13)21-17(24)12-23(2)19(25)9-8-18-20-11-15(26-18)14-6-4-3-5-7-14/h3-7,10-11H,8-9,12H2,1-2H3,(H,21,22,24).